The van der Waals surface area contributed by atoms with Gasteiger partial charge >= 0.3 is 5.97 Å². The maximum absolute atomic E-state index is 13.4. The Hall–Kier alpha value is -1.10. The zero-order valence-corrected chi connectivity index (χ0v) is 10.6. The van der Waals surface area contributed by atoms with Crippen molar-refractivity contribution >= 4 is 21.9 Å². The van der Waals surface area contributed by atoms with Crippen molar-refractivity contribution in [2.24, 2.45) is 0 Å². The Bertz CT molecular complexity index is 393. The summed E-state index contributed by atoms with van der Waals surface area (Å²) in [5.74, 6) is -0.828. The van der Waals surface area contributed by atoms with E-state index >= 15 is 0 Å². The van der Waals surface area contributed by atoms with Gasteiger partial charge in [0.2, 0.25) is 0 Å². The van der Waals surface area contributed by atoms with Gasteiger partial charge < -0.3 is 9.47 Å². The van der Waals surface area contributed by atoms with Crippen LogP contribution in [0.25, 0.3) is 0 Å². The van der Waals surface area contributed by atoms with Crippen LogP contribution in [0.1, 0.15) is 12.5 Å². The van der Waals surface area contributed by atoms with Gasteiger partial charge in [-0.05, 0) is 19.1 Å². The number of esters is 1. The molecule has 0 radical (unpaired) electrons. The number of carbonyl (C=O) groups excluding carboxylic acids is 1. The fourth-order valence-corrected chi connectivity index (χ4v) is 1.82. The molecule has 0 N–H and O–H groups in total. The van der Waals surface area contributed by atoms with Crippen LogP contribution in [0.15, 0.2) is 16.6 Å². The molecule has 3 nitrogen and oxygen atoms in total. The molecule has 0 saturated heterocycles. The molecule has 0 amide bonds. The van der Waals surface area contributed by atoms with Crippen molar-refractivity contribution in [1.29, 1.82) is 0 Å². The minimum Gasteiger partial charge on any atom is -0.493 e. The van der Waals surface area contributed by atoms with Crippen molar-refractivity contribution in [1.82, 2.24) is 0 Å². The van der Waals surface area contributed by atoms with Gasteiger partial charge in [-0.1, -0.05) is 15.9 Å². The smallest absolute Gasteiger partial charge is 0.310 e. The van der Waals surface area contributed by atoms with E-state index < -0.39 is 11.8 Å². The van der Waals surface area contributed by atoms with Gasteiger partial charge in [0.1, 0.15) is 0 Å². The van der Waals surface area contributed by atoms with Gasteiger partial charge in [0.05, 0.1) is 20.1 Å². The molecule has 0 bridgehead atoms. The molecule has 1 aromatic rings. The van der Waals surface area contributed by atoms with Gasteiger partial charge in [-0.2, -0.15) is 0 Å². The molecule has 0 spiro atoms. The first-order chi connectivity index (χ1) is 7.58. The number of hydrogen-bond acceptors (Lipinski definition) is 3. The van der Waals surface area contributed by atoms with Crippen molar-refractivity contribution in [3.63, 3.8) is 0 Å². The van der Waals surface area contributed by atoms with E-state index in [1.807, 2.05) is 0 Å². The fraction of sp³-hybridized carbons (Fsp3) is 0.364. The van der Waals surface area contributed by atoms with Gasteiger partial charge in [-0.25, -0.2) is 4.39 Å². The fourth-order valence-electron chi connectivity index (χ4n) is 1.34. The molecule has 88 valence electrons. The molecule has 0 unspecified atom stereocenters. The molecule has 0 aliphatic heterocycles. The summed E-state index contributed by atoms with van der Waals surface area (Å²) in [7, 11) is 1.36. The lowest BCUT2D eigenvalue weighted by Gasteiger charge is -2.09. The molecule has 0 aromatic heterocycles. The second kappa shape index (κ2) is 5.84. The lowest BCUT2D eigenvalue weighted by Crippen LogP contribution is -2.09. The van der Waals surface area contributed by atoms with Crippen LogP contribution in [0.2, 0.25) is 0 Å². The normalized spacial score (nSPS) is 10.0. The number of carbonyl (C=O) groups is 1. The van der Waals surface area contributed by atoms with Gasteiger partial charge in [0, 0.05) is 10.0 Å². The summed E-state index contributed by atoms with van der Waals surface area (Å²) >= 11 is 3.16. The average Bonchev–Trinajstić information content (AvgIpc) is 2.17. The van der Waals surface area contributed by atoms with Gasteiger partial charge in [-0.3, -0.25) is 4.79 Å². The number of hydrogen-bond donors (Lipinski definition) is 0. The molecule has 5 heteroatoms. The standard InChI is InChI=1S/C11H12BrFO3/c1-3-16-10(14)5-7-4-8(12)6-9(13)11(7)15-2/h4,6H,3,5H2,1-2H3. The Kier molecular flexibility index (Phi) is 4.73. The number of methoxy groups -OCH3 is 1. The Labute approximate surface area is 102 Å². The summed E-state index contributed by atoms with van der Waals surface area (Å²) in [6, 6.07) is 2.92. The molecule has 0 saturated carbocycles. The topological polar surface area (TPSA) is 35.5 Å². The van der Waals surface area contributed by atoms with Crippen molar-refractivity contribution in [3.8, 4) is 5.75 Å². The zero-order chi connectivity index (χ0) is 12.1. The number of halogens is 2. The Morgan fingerprint density at radius 2 is 2.19 bits per heavy atom. The van der Waals surface area contributed by atoms with Crippen LogP contribution in [0.5, 0.6) is 5.75 Å². The summed E-state index contributed by atoms with van der Waals surface area (Å²) in [6.07, 6.45) is -0.00657. The molecular formula is C11H12BrFO3. The van der Waals surface area contributed by atoms with Gasteiger partial charge in [-0.15, -0.1) is 0 Å². The molecule has 1 aromatic carbocycles. The predicted molar refractivity (Wildman–Crippen MR) is 61.0 cm³/mol. The van der Waals surface area contributed by atoms with Crippen LogP contribution >= 0.6 is 15.9 Å². The van der Waals surface area contributed by atoms with E-state index in [4.69, 9.17) is 9.47 Å². The molecule has 0 aliphatic rings. The number of benzene rings is 1. The SMILES string of the molecule is CCOC(=O)Cc1cc(Br)cc(F)c1OC. The molecule has 0 heterocycles. The second-order valence-corrected chi connectivity index (χ2v) is 3.98. The first kappa shape index (κ1) is 13.0. The van der Waals surface area contributed by atoms with E-state index in [1.54, 1.807) is 13.0 Å². The van der Waals surface area contributed by atoms with Gasteiger partial charge in [0.15, 0.2) is 11.6 Å². The van der Waals surface area contributed by atoms with Crippen molar-refractivity contribution in [2.45, 2.75) is 13.3 Å². The van der Waals surface area contributed by atoms with E-state index in [1.165, 1.54) is 13.2 Å². The van der Waals surface area contributed by atoms with E-state index in [0.29, 0.717) is 16.6 Å². The molecule has 0 aliphatic carbocycles. The Morgan fingerprint density at radius 3 is 2.75 bits per heavy atom. The van der Waals surface area contributed by atoms with Crippen LogP contribution in [-0.4, -0.2) is 19.7 Å². The van der Waals surface area contributed by atoms with Crippen LogP contribution < -0.4 is 4.74 Å². The largest absolute Gasteiger partial charge is 0.493 e. The van der Waals surface area contributed by atoms with E-state index in [0.717, 1.165) is 0 Å². The predicted octanol–water partition coefficient (Wildman–Crippen LogP) is 2.70. The third kappa shape index (κ3) is 3.20. The van der Waals surface area contributed by atoms with Crippen molar-refractivity contribution in [2.75, 3.05) is 13.7 Å². The maximum atomic E-state index is 13.4. The minimum absolute atomic E-state index is 0.00657. The Morgan fingerprint density at radius 1 is 1.50 bits per heavy atom. The van der Waals surface area contributed by atoms with Crippen LogP contribution in [0.3, 0.4) is 0 Å². The minimum atomic E-state index is -0.504. The molecule has 0 fully saturated rings. The highest BCUT2D eigenvalue weighted by Gasteiger charge is 2.14. The van der Waals surface area contributed by atoms with E-state index in [-0.39, 0.29) is 12.2 Å². The highest BCUT2D eigenvalue weighted by molar-refractivity contribution is 9.10. The third-order valence-corrected chi connectivity index (χ3v) is 2.39. The highest BCUT2D eigenvalue weighted by atomic mass is 79.9. The van der Waals surface area contributed by atoms with Crippen LogP contribution in [-0.2, 0) is 16.0 Å². The maximum Gasteiger partial charge on any atom is 0.310 e. The molecule has 1 rings (SSSR count). The summed E-state index contributed by atoms with van der Waals surface area (Å²) in [5, 5.41) is 0. The van der Waals surface area contributed by atoms with Crippen molar-refractivity contribution in [3.05, 3.63) is 28.0 Å². The number of rotatable bonds is 4. The summed E-state index contributed by atoms with van der Waals surface area (Å²) in [5.41, 5.74) is 0.466. The molecular weight excluding hydrogens is 279 g/mol. The summed E-state index contributed by atoms with van der Waals surface area (Å²) in [4.78, 5) is 11.3. The van der Waals surface area contributed by atoms with Crippen molar-refractivity contribution < 1.29 is 18.7 Å². The van der Waals surface area contributed by atoms with E-state index in [2.05, 4.69) is 15.9 Å². The monoisotopic (exact) mass is 290 g/mol. The molecule has 16 heavy (non-hydrogen) atoms. The molecule has 0 atom stereocenters. The van der Waals surface area contributed by atoms with Crippen LogP contribution in [0.4, 0.5) is 4.39 Å². The number of ether oxygens (including phenoxy) is 2. The third-order valence-electron chi connectivity index (χ3n) is 1.93. The lowest BCUT2D eigenvalue weighted by molar-refractivity contribution is -0.142. The quantitative estimate of drug-likeness (QED) is 0.800. The summed E-state index contributed by atoms with van der Waals surface area (Å²) < 4.78 is 23.7. The zero-order valence-electron chi connectivity index (χ0n) is 9.05. The lowest BCUT2D eigenvalue weighted by atomic mass is 10.1. The summed E-state index contributed by atoms with van der Waals surface area (Å²) in [6.45, 7) is 2.02. The van der Waals surface area contributed by atoms with Gasteiger partial charge in [0.25, 0.3) is 0 Å². The Balaban J connectivity index is 2.97. The van der Waals surface area contributed by atoms with E-state index in [9.17, 15) is 9.18 Å². The first-order valence-corrected chi connectivity index (χ1v) is 5.55. The van der Waals surface area contributed by atoms with Crippen LogP contribution in [0, 0.1) is 5.82 Å². The first-order valence-electron chi connectivity index (χ1n) is 4.76. The highest BCUT2D eigenvalue weighted by Crippen LogP contribution is 2.27. The average molecular weight is 291 g/mol. The second-order valence-electron chi connectivity index (χ2n) is 3.06.